The maximum absolute atomic E-state index is 12.6. The Labute approximate surface area is 183 Å². The van der Waals surface area contributed by atoms with E-state index in [2.05, 4.69) is 6.92 Å². The summed E-state index contributed by atoms with van der Waals surface area (Å²) >= 11 is 1.34. The molecule has 2 aromatic rings. The number of carbonyl (C=O) groups is 2. The van der Waals surface area contributed by atoms with Crippen molar-refractivity contribution >= 4 is 23.1 Å². The SMILES string of the molecule is CCCCCC(O)c1ccc([C@H]2C(=O)CC[C@H]2CCCc2ccc(C(=O)O)s2)cc1. The van der Waals surface area contributed by atoms with Gasteiger partial charge in [-0.1, -0.05) is 50.5 Å². The molecule has 1 heterocycles. The van der Waals surface area contributed by atoms with Crippen molar-refractivity contribution in [1.29, 1.82) is 0 Å². The highest BCUT2D eigenvalue weighted by Gasteiger charge is 2.35. The molecule has 0 spiro atoms. The van der Waals surface area contributed by atoms with E-state index in [1.165, 1.54) is 11.3 Å². The van der Waals surface area contributed by atoms with E-state index in [1.54, 1.807) is 6.07 Å². The molecule has 0 amide bonds. The molecule has 2 N–H and O–H groups in total. The molecular weight excluding hydrogens is 396 g/mol. The lowest BCUT2D eigenvalue weighted by Gasteiger charge is -2.20. The average molecular weight is 429 g/mol. The van der Waals surface area contributed by atoms with Crippen LogP contribution < -0.4 is 0 Å². The number of rotatable bonds is 11. The highest BCUT2D eigenvalue weighted by atomic mass is 32.1. The lowest BCUT2D eigenvalue weighted by atomic mass is 9.84. The van der Waals surface area contributed by atoms with Crippen LogP contribution in [-0.2, 0) is 11.2 Å². The van der Waals surface area contributed by atoms with Gasteiger partial charge in [-0.25, -0.2) is 4.79 Å². The third kappa shape index (κ3) is 5.79. The maximum Gasteiger partial charge on any atom is 0.345 e. The highest BCUT2D eigenvalue weighted by Crippen LogP contribution is 2.40. The minimum absolute atomic E-state index is 0.0470. The summed E-state index contributed by atoms with van der Waals surface area (Å²) in [7, 11) is 0. The first kappa shape index (κ1) is 22.7. The van der Waals surface area contributed by atoms with Crippen molar-refractivity contribution in [2.45, 2.75) is 76.7 Å². The molecular formula is C25H32O4S. The largest absolute Gasteiger partial charge is 0.477 e. The fourth-order valence-corrected chi connectivity index (χ4v) is 5.42. The molecule has 162 valence electrons. The summed E-state index contributed by atoms with van der Waals surface area (Å²) in [4.78, 5) is 25.1. The number of carbonyl (C=O) groups excluding carboxylic acids is 1. The molecule has 5 heteroatoms. The highest BCUT2D eigenvalue weighted by molar-refractivity contribution is 7.13. The third-order valence-corrected chi connectivity index (χ3v) is 7.34. The molecule has 30 heavy (non-hydrogen) atoms. The molecule has 1 aromatic carbocycles. The molecule has 0 radical (unpaired) electrons. The number of carboxylic acids is 1. The van der Waals surface area contributed by atoms with Gasteiger partial charge in [0, 0.05) is 17.2 Å². The number of aliphatic hydroxyl groups is 1. The number of carboxylic acid groups (broad SMARTS) is 1. The second kappa shape index (κ2) is 10.9. The van der Waals surface area contributed by atoms with Crippen LogP contribution in [0.4, 0.5) is 0 Å². The van der Waals surface area contributed by atoms with Crippen LogP contribution in [0.2, 0.25) is 0 Å². The summed E-state index contributed by atoms with van der Waals surface area (Å²) < 4.78 is 0. The summed E-state index contributed by atoms with van der Waals surface area (Å²) in [5, 5.41) is 19.4. The van der Waals surface area contributed by atoms with E-state index in [-0.39, 0.29) is 5.92 Å². The molecule has 0 bridgehead atoms. The van der Waals surface area contributed by atoms with Gasteiger partial charge in [0.15, 0.2) is 0 Å². The fourth-order valence-electron chi connectivity index (χ4n) is 4.53. The summed E-state index contributed by atoms with van der Waals surface area (Å²) in [5.74, 6) is -0.252. The van der Waals surface area contributed by atoms with Crippen LogP contribution in [0, 0.1) is 5.92 Å². The Hall–Kier alpha value is -1.98. The van der Waals surface area contributed by atoms with Gasteiger partial charge in [-0.3, -0.25) is 4.79 Å². The lowest BCUT2D eigenvalue weighted by Crippen LogP contribution is -2.13. The minimum atomic E-state index is -0.869. The molecule has 1 aromatic heterocycles. The Morgan fingerprint density at radius 2 is 1.90 bits per heavy atom. The van der Waals surface area contributed by atoms with Crippen LogP contribution in [0.1, 0.15) is 96.0 Å². The molecule has 0 aliphatic heterocycles. The van der Waals surface area contributed by atoms with Crippen molar-refractivity contribution in [3.8, 4) is 0 Å². The first-order valence-corrected chi connectivity index (χ1v) is 11.9. The topological polar surface area (TPSA) is 74.6 Å². The molecule has 3 rings (SSSR count). The number of aromatic carboxylic acids is 1. The lowest BCUT2D eigenvalue weighted by molar-refractivity contribution is -0.119. The van der Waals surface area contributed by atoms with Gasteiger partial charge in [-0.05, 0) is 61.3 Å². The van der Waals surface area contributed by atoms with Crippen LogP contribution in [0.3, 0.4) is 0 Å². The van der Waals surface area contributed by atoms with E-state index >= 15 is 0 Å². The Kier molecular flexibility index (Phi) is 8.23. The van der Waals surface area contributed by atoms with E-state index in [4.69, 9.17) is 5.11 Å². The van der Waals surface area contributed by atoms with Gasteiger partial charge < -0.3 is 10.2 Å². The van der Waals surface area contributed by atoms with Crippen LogP contribution in [-0.4, -0.2) is 22.0 Å². The van der Waals surface area contributed by atoms with E-state index < -0.39 is 12.1 Å². The minimum Gasteiger partial charge on any atom is -0.477 e. The van der Waals surface area contributed by atoms with Gasteiger partial charge in [-0.15, -0.1) is 11.3 Å². The Morgan fingerprint density at radius 1 is 1.13 bits per heavy atom. The zero-order valence-corrected chi connectivity index (χ0v) is 18.5. The molecule has 1 aliphatic carbocycles. The second-order valence-corrected chi connectivity index (χ2v) is 9.55. The van der Waals surface area contributed by atoms with Crippen LogP contribution >= 0.6 is 11.3 Å². The van der Waals surface area contributed by atoms with Gasteiger partial charge in [-0.2, -0.15) is 0 Å². The zero-order chi connectivity index (χ0) is 21.5. The normalized spacial score (nSPS) is 19.9. The Balaban J connectivity index is 1.56. The maximum atomic E-state index is 12.6. The smallest absolute Gasteiger partial charge is 0.345 e. The first-order chi connectivity index (χ1) is 14.5. The van der Waals surface area contributed by atoms with Crippen molar-refractivity contribution in [2.24, 2.45) is 5.92 Å². The van der Waals surface area contributed by atoms with Gasteiger partial charge >= 0.3 is 5.97 Å². The number of ketones is 1. The van der Waals surface area contributed by atoms with Crippen LogP contribution in [0.25, 0.3) is 0 Å². The van der Waals surface area contributed by atoms with E-state index in [1.807, 2.05) is 30.3 Å². The molecule has 1 saturated carbocycles. The van der Waals surface area contributed by atoms with Crippen molar-refractivity contribution in [1.82, 2.24) is 0 Å². The number of hydrogen-bond acceptors (Lipinski definition) is 4. The Bertz CT molecular complexity index is 839. The fraction of sp³-hybridized carbons (Fsp3) is 0.520. The number of unbranched alkanes of at least 4 members (excludes halogenated alkanes) is 2. The summed E-state index contributed by atoms with van der Waals surface area (Å²) in [5.41, 5.74) is 2.00. The first-order valence-electron chi connectivity index (χ1n) is 11.1. The van der Waals surface area contributed by atoms with Crippen molar-refractivity contribution in [2.75, 3.05) is 0 Å². The van der Waals surface area contributed by atoms with Gasteiger partial charge in [0.25, 0.3) is 0 Å². The van der Waals surface area contributed by atoms with Crippen molar-refractivity contribution < 1.29 is 19.8 Å². The van der Waals surface area contributed by atoms with Crippen LogP contribution in [0.15, 0.2) is 36.4 Å². The average Bonchev–Trinajstić information content (AvgIpc) is 3.35. The van der Waals surface area contributed by atoms with Crippen molar-refractivity contribution in [3.63, 3.8) is 0 Å². The Morgan fingerprint density at radius 3 is 2.57 bits per heavy atom. The van der Waals surface area contributed by atoms with E-state index in [0.717, 1.165) is 67.4 Å². The summed E-state index contributed by atoms with van der Waals surface area (Å²) in [6.07, 6.45) is 8.01. The summed E-state index contributed by atoms with van der Waals surface area (Å²) in [6.45, 7) is 2.16. The number of hydrogen-bond donors (Lipinski definition) is 2. The van der Waals surface area contributed by atoms with E-state index in [9.17, 15) is 14.7 Å². The molecule has 1 fully saturated rings. The van der Waals surface area contributed by atoms with E-state index in [0.29, 0.717) is 23.0 Å². The quantitative estimate of drug-likeness (QED) is 0.421. The third-order valence-electron chi connectivity index (χ3n) is 6.21. The predicted octanol–water partition coefficient (Wildman–Crippen LogP) is 6.15. The number of Topliss-reactive ketones (excluding diaryl/α,β-unsaturated/α-hetero) is 1. The van der Waals surface area contributed by atoms with Gasteiger partial charge in [0.1, 0.15) is 10.7 Å². The standard InChI is InChI=1S/C25H32O4S/c1-2-3-4-8-21(26)17-9-11-19(12-10-17)24-18(13-15-22(24)27)6-5-7-20-14-16-23(30-20)25(28)29/h9-12,14,16,18,21,24,26H,2-8,13,15H2,1H3,(H,28,29)/t18-,21?,24+/m1/s1. The number of thiophene rings is 1. The summed E-state index contributed by atoms with van der Waals surface area (Å²) in [6, 6.07) is 11.6. The number of aryl methyl sites for hydroxylation is 1. The second-order valence-electron chi connectivity index (χ2n) is 8.38. The molecule has 4 nitrogen and oxygen atoms in total. The van der Waals surface area contributed by atoms with Crippen molar-refractivity contribution in [3.05, 3.63) is 57.3 Å². The monoisotopic (exact) mass is 428 g/mol. The van der Waals surface area contributed by atoms with Gasteiger partial charge in [0.05, 0.1) is 6.10 Å². The van der Waals surface area contributed by atoms with Crippen LogP contribution in [0.5, 0.6) is 0 Å². The van der Waals surface area contributed by atoms with Gasteiger partial charge in [0.2, 0.25) is 0 Å². The molecule has 0 saturated heterocycles. The molecule has 1 unspecified atom stereocenters. The zero-order valence-electron chi connectivity index (χ0n) is 17.7. The molecule has 3 atom stereocenters. The number of aliphatic hydroxyl groups excluding tert-OH is 1. The molecule has 1 aliphatic rings. The number of benzene rings is 1. The predicted molar refractivity (Wildman–Crippen MR) is 120 cm³/mol.